The van der Waals surface area contributed by atoms with Crippen molar-refractivity contribution in [3.8, 4) is 5.75 Å². The summed E-state index contributed by atoms with van der Waals surface area (Å²) in [6.45, 7) is 1.82. The molecular formula is C10H11ClOS. The van der Waals surface area contributed by atoms with Crippen molar-refractivity contribution in [1.82, 2.24) is 0 Å². The number of phenolic OH excluding ortho intramolecular Hbond substituents is 1. The summed E-state index contributed by atoms with van der Waals surface area (Å²) in [4.78, 5) is 0. The molecule has 0 amide bonds. The van der Waals surface area contributed by atoms with Crippen LogP contribution in [0.2, 0.25) is 5.02 Å². The largest absolute Gasteiger partial charge is 0.507 e. The van der Waals surface area contributed by atoms with Crippen LogP contribution < -0.4 is 0 Å². The van der Waals surface area contributed by atoms with E-state index in [4.69, 9.17) is 11.6 Å². The molecule has 3 heteroatoms. The van der Waals surface area contributed by atoms with Crippen molar-refractivity contribution in [3.05, 3.63) is 34.4 Å². The molecule has 0 aromatic heterocycles. The lowest BCUT2D eigenvalue weighted by atomic mass is 10.1. The zero-order valence-corrected chi connectivity index (χ0v) is 8.94. The number of aryl methyl sites for hydroxylation is 1. The Hall–Kier alpha value is -0.600. The topological polar surface area (TPSA) is 20.2 Å². The highest BCUT2D eigenvalue weighted by Crippen LogP contribution is 2.27. The standard InChI is InChI=1S/C10H11ClOS/c1-7-5-9(11)6-8(10(7)12)3-2-4-13/h2-3,5-6,12-13H,4H2,1H3. The van der Waals surface area contributed by atoms with Gasteiger partial charge < -0.3 is 5.11 Å². The first kappa shape index (κ1) is 10.5. The molecule has 1 N–H and O–H groups in total. The summed E-state index contributed by atoms with van der Waals surface area (Å²) in [5.74, 6) is 0.924. The van der Waals surface area contributed by atoms with Crippen LogP contribution in [0.1, 0.15) is 11.1 Å². The third-order valence-corrected chi connectivity index (χ3v) is 2.13. The molecule has 1 aromatic carbocycles. The summed E-state index contributed by atoms with van der Waals surface area (Å²) in [5, 5.41) is 10.2. The summed E-state index contributed by atoms with van der Waals surface area (Å²) in [5.41, 5.74) is 1.52. The first-order valence-corrected chi connectivity index (χ1v) is 4.92. The minimum absolute atomic E-state index is 0.280. The average molecular weight is 215 g/mol. The number of thiol groups is 1. The highest BCUT2D eigenvalue weighted by atomic mass is 35.5. The monoisotopic (exact) mass is 214 g/mol. The molecule has 13 heavy (non-hydrogen) atoms. The minimum atomic E-state index is 0.280. The molecule has 0 atom stereocenters. The fraction of sp³-hybridized carbons (Fsp3) is 0.200. The van der Waals surface area contributed by atoms with Gasteiger partial charge in [-0.25, -0.2) is 0 Å². The first-order chi connectivity index (χ1) is 6.15. The molecule has 1 nitrogen and oxygen atoms in total. The Balaban J connectivity index is 3.12. The van der Waals surface area contributed by atoms with Gasteiger partial charge >= 0.3 is 0 Å². The molecule has 0 aliphatic heterocycles. The van der Waals surface area contributed by atoms with Crippen molar-refractivity contribution in [2.75, 3.05) is 5.75 Å². The summed E-state index contributed by atoms with van der Waals surface area (Å²) < 4.78 is 0. The van der Waals surface area contributed by atoms with Crippen LogP contribution in [-0.2, 0) is 0 Å². The van der Waals surface area contributed by atoms with Crippen molar-refractivity contribution < 1.29 is 5.11 Å². The Morgan fingerprint density at radius 1 is 1.54 bits per heavy atom. The second kappa shape index (κ2) is 4.58. The Morgan fingerprint density at radius 2 is 2.23 bits per heavy atom. The minimum Gasteiger partial charge on any atom is -0.507 e. The molecule has 0 heterocycles. The van der Waals surface area contributed by atoms with Crippen LogP contribution in [0.4, 0.5) is 0 Å². The normalized spacial score (nSPS) is 11.0. The van der Waals surface area contributed by atoms with E-state index in [9.17, 15) is 5.11 Å². The Bertz CT molecular complexity index is 334. The summed E-state index contributed by atoms with van der Waals surface area (Å²) >= 11 is 9.87. The third-order valence-electron chi connectivity index (χ3n) is 1.70. The summed E-state index contributed by atoms with van der Waals surface area (Å²) in [6.07, 6.45) is 3.66. The fourth-order valence-corrected chi connectivity index (χ4v) is 1.45. The van der Waals surface area contributed by atoms with Crippen LogP contribution in [0.15, 0.2) is 18.2 Å². The molecule has 0 saturated carbocycles. The number of phenols is 1. The number of rotatable bonds is 2. The number of aromatic hydroxyl groups is 1. The number of hydrogen-bond donors (Lipinski definition) is 2. The van der Waals surface area contributed by atoms with Gasteiger partial charge in [-0.05, 0) is 24.6 Å². The van der Waals surface area contributed by atoms with Crippen LogP contribution >= 0.6 is 24.2 Å². The van der Waals surface area contributed by atoms with Crippen LogP contribution in [0.3, 0.4) is 0 Å². The Labute approximate surface area is 88.5 Å². The van der Waals surface area contributed by atoms with Gasteiger partial charge in [0.1, 0.15) is 5.75 Å². The van der Waals surface area contributed by atoms with E-state index in [1.807, 2.05) is 13.0 Å². The molecule has 70 valence electrons. The van der Waals surface area contributed by atoms with Gasteiger partial charge in [-0.3, -0.25) is 0 Å². The van der Waals surface area contributed by atoms with Gasteiger partial charge in [-0.15, -0.1) is 0 Å². The van der Waals surface area contributed by atoms with E-state index in [2.05, 4.69) is 12.6 Å². The van der Waals surface area contributed by atoms with Crippen LogP contribution in [0.5, 0.6) is 5.75 Å². The van der Waals surface area contributed by atoms with E-state index < -0.39 is 0 Å². The molecule has 0 aliphatic carbocycles. The van der Waals surface area contributed by atoms with Crippen molar-refractivity contribution in [2.45, 2.75) is 6.92 Å². The van der Waals surface area contributed by atoms with E-state index in [0.717, 1.165) is 11.1 Å². The first-order valence-electron chi connectivity index (χ1n) is 3.91. The van der Waals surface area contributed by atoms with Crippen LogP contribution in [-0.4, -0.2) is 10.9 Å². The van der Waals surface area contributed by atoms with Crippen LogP contribution in [0, 0.1) is 6.92 Å². The van der Waals surface area contributed by atoms with E-state index in [0.29, 0.717) is 10.8 Å². The highest BCUT2D eigenvalue weighted by Gasteiger charge is 2.02. The average Bonchev–Trinajstić information content (AvgIpc) is 2.09. The Kier molecular flexibility index (Phi) is 3.70. The van der Waals surface area contributed by atoms with E-state index in [1.54, 1.807) is 18.2 Å². The maximum atomic E-state index is 9.61. The predicted molar refractivity (Wildman–Crippen MR) is 60.7 cm³/mol. The molecule has 1 aromatic rings. The summed E-state index contributed by atoms with van der Waals surface area (Å²) in [6, 6.07) is 3.46. The third kappa shape index (κ3) is 2.68. The lowest BCUT2D eigenvalue weighted by molar-refractivity contribution is 0.470. The summed E-state index contributed by atoms with van der Waals surface area (Å²) in [7, 11) is 0. The second-order valence-electron chi connectivity index (χ2n) is 2.75. The molecular weight excluding hydrogens is 204 g/mol. The van der Waals surface area contributed by atoms with Crippen molar-refractivity contribution in [1.29, 1.82) is 0 Å². The van der Waals surface area contributed by atoms with Crippen molar-refractivity contribution >= 4 is 30.3 Å². The molecule has 0 unspecified atom stereocenters. The van der Waals surface area contributed by atoms with Gasteiger partial charge in [-0.2, -0.15) is 12.6 Å². The number of hydrogen-bond acceptors (Lipinski definition) is 2. The van der Waals surface area contributed by atoms with E-state index in [1.165, 1.54) is 0 Å². The maximum absolute atomic E-state index is 9.61. The molecule has 0 saturated heterocycles. The van der Waals surface area contributed by atoms with Gasteiger partial charge in [0.2, 0.25) is 0 Å². The van der Waals surface area contributed by atoms with Crippen LogP contribution in [0.25, 0.3) is 6.08 Å². The second-order valence-corrected chi connectivity index (χ2v) is 3.55. The van der Waals surface area contributed by atoms with Gasteiger partial charge in [0.15, 0.2) is 0 Å². The highest BCUT2D eigenvalue weighted by molar-refractivity contribution is 7.80. The lowest BCUT2D eigenvalue weighted by Crippen LogP contribution is -1.80. The molecule has 0 aliphatic rings. The molecule has 0 radical (unpaired) electrons. The maximum Gasteiger partial charge on any atom is 0.125 e. The molecule has 0 spiro atoms. The quantitative estimate of drug-likeness (QED) is 0.724. The van der Waals surface area contributed by atoms with Crippen molar-refractivity contribution in [2.24, 2.45) is 0 Å². The predicted octanol–water partition coefficient (Wildman–Crippen LogP) is 3.30. The van der Waals surface area contributed by atoms with Gasteiger partial charge in [0.05, 0.1) is 0 Å². The Morgan fingerprint density at radius 3 is 2.85 bits per heavy atom. The van der Waals surface area contributed by atoms with E-state index >= 15 is 0 Å². The smallest absolute Gasteiger partial charge is 0.125 e. The lowest BCUT2D eigenvalue weighted by Gasteiger charge is -2.03. The van der Waals surface area contributed by atoms with E-state index in [-0.39, 0.29) is 5.75 Å². The molecule has 0 fully saturated rings. The number of benzene rings is 1. The van der Waals surface area contributed by atoms with Crippen molar-refractivity contribution in [3.63, 3.8) is 0 Å². The zero-order valence-electron chi connectivity index (χ0n) is 7.29. The van der Waals surface area contributed by atoms with Gasteiger partial charge in [0, 0.05) is 16.3 Å². The van der Waals surface area contributed by atoms with Gasteiger partial charge in [-0.1, -0.05) is 23.8 Å². The fourth-order valence-electron chi connectivity index (χ4n) is 1.07. The number of halogens is 1. The molecule has 1 rings (SSSR count). The SMILES string of the molecule is Cc1cc(Cl)cc(C=CCS)c1O. The molecule has 0 bridgehead atoms. The zero-order chi connectivity index (χ0) is 9.84. The van der Waals surface area contributed by atoms with Gasteiger partial charge in [0.25, 0.3) is 0 Å².